The van der Waals surface area contributed by atoms with Crippen LogP contribution in [0.4, 0.5) is 5.69 Å². The fraction of sp³-hybridized carbons (Fsp3) is 0.167. The summed E-state index contributed by atoms with van der Waals surface area (Å²) in [5.74, 6) is 0. The van der Waals surface area contributed by atoms with E-state index in [1.54, 1.807) is 4.57 Å². The molecule has 0 aliphatic rings. The van der Waals surface area contributed by atoms with E-state index in [2.05, 4.69) is 26.2 Å². The molecule has 94 valence electrons. The van der Waals surface area contributed by atoms with Crippen LogP contribution in [0.2, 0.25) is 5.02 Å². The van der Waals surface area contributed by atoms with E-state index in [1.807, 2.05) is 24.3 Å². The van der Waals surface area contributed by atoms with Gasteiger partial charge in [-0.3, -0.25) is 9.36 Å². The van der Waals surface area contributed by atoms with Gasteiger partial charge in [0.1, 0.15) is 4.47 Å². The molecular weight excluding hydrogens is 318 g/mol. The quantitative estimate of drug-likeness (QED) is 0.939. The summed E-state index contributed by atoms with van der Waals surface area (Å²) in [6, 6.07) is 7.42. The number of nitrogens with one attached hydrogen (secondary N) is 1. The van der Waals surface area contributed by atoms with Crippen molar-refractivity contribution in [2.24, 2.45) is 0 Å². The molecule has 0 atom stereocenters. The number of nitrogens with zero attached hydrogens (tertiary/aromatic N) is 2. The van der Waals surface area contributed by atoms with Crippen LogP contribution in [0, 0.1) is 0 Å². The van der Waals surface area contributed by atoms with Gasteiger partial charge in [-0.15, -0.1) is 0 Å². The van der Waals surface area contributed by atoms with Gasteiger partial charge in [-0.25, -0.2) is 4.98 Å². The number of aromatic nitrogens is 2. The summed E-state index contributed by atoms with van der Waals surface area (Å²) in [7, 11) is 0. The molecule has 0 unspecified atom stereocenters. The Morgan fingerprint density at radius 1 is 1.33 bits per heavy atom. The smallest absolute Gasteiger partial charge is 0.267 e. The van der Waals surface area contributed by atoms with E-state index in [9.17, 15) is 4.79 Å². The minimum absolute atomic E-state index is 0.0806. The van der Waals surface area contributed by atoms with Crippen LogP contribution in [0.25, 0.3) is 0 Å². The SMILES string of the molecule is O=c1c(Br)cncn1CCNc1ccc(Cl)cc1. The molecule has 0 saturated carbocycles. The summed E-state index contributed by atoms with van der Waals surface area (Å²) < 4.78 is 2.02. The van der Waals surface area contributed by atoms with Gasteiger partial charge < -0.3 is 5.32 Å². The van der Waals surface area contributed by atoms with Gasteiger partial charge in [-0.2, -0.15) is 0 Å². The first kappa shape index (κ1) is 13.1. The number of rotatable bonds is 4. The minimum Gasteiger partial charge on any atom is -0.383 e. The Hall–Kier alpha value is -1.33. The van der Waals surface area contributed by atoms with Crippen LogP contribution in [0.1, 0.15) is 0 Å². The lowest BCUT2D eigenvalue weighted by Crippen LogP contribution is -2.24. The van der Waals surface area contributed by atoms with E-state index in [0.29, 0.717) is 22.6 Å². The first-order chi connectivity index (χ1) is 8.66. The topological polar surface area (TPSA) is 46.9 Å². The third-order valence-electron chi connectivity index (χ3n) is 2.39. The summed E-state index contributed by atoms with van der Waals surface area (Å²) in [5, 5.41) is 3.91. The number of benzene rings is 1. The fourth-order valence-electron chi connectivity index (χ4n) is 1.47. The molecule has 0 radical (unpaired) electrons. The van der Waals surface area contributed by atoms with Gasteiger partial charge >= 0.3 is 0 Å². The van der Waals surface area contributed by atoms with Crippen LogP contribution in [0.3, 0.4) is 0 Å². The molecule has 0 fully saturated rings. The largest absolute Gasteiger partial charge is 0.383 e. The summed E-state index contributed by atoms with van der Waals surface area (Å²) in [6.45, 7) is 1.19. The van der Waals surface area contributed by atoms with Gasteiger partial charge in [0.15, 0.2) is 0 Å². The molecule has 18 heavy (non-hydrogen) atoms. The molecule has 0 aliphatic heterocycles. The van der Waals surface area contributed by atoms with Crippen molar-refractivity contribution in [1.29, 1.82) is 0 Å². The van der Waals surface area contributed by atoms with E-state index in [4.69, 9.17) is 11.6 Å². The third-order valence-corrected chi connectivity index (χ3v) is 3.18. The second-order valence-corrected chi connectivity index (χ2v) is 4.96. The predicted octanol–water partition coefficient (Wildman–Crippen LogP) is 2.77. The molecule has 1 aromatic carbocycles. The summed E-state index contributed by atoms with van der Waals surface area (Å²) in [5.41, 5.74) is 0.887. The molecule has 1 N–H and O–H groups in total. The Morgan fingerprint density at radius 3 is 2.78 bits per heavy atom. The zero-order valence-electron chi connectivity index (χ0n) is 9.44. The van der Waals surface area contributed by atoms with Gasteiger partial charge in [0.05, 0.1) is 6.33 Å². The van der Waals surface area contributed by atoms with Gasteiger partial charge in [0, 0.05) is 30.0 Å². The number of halogens is 2. The lowest BCUT2D eigenvalue weighted by molar-refractivity contribution is 0.676. The van der Waals surface area contributed by atoms with Crippen molar-refractivity contribution in [1.82, 2.24) is 9.55 Å². The Balaban J connectivity index is 1.94. The highest BCUT2D eigenvalue weighted by atomic mass is 79.9. The monoisotopic (exact) mass is 327 g/mol. The van der Waals surface area contributed by atoms with E-state index >= 15 is 0 Å². The maximum absolute atomic E-state index is 11.7. The maximum atomic E-state index is 11.7. The van der Waals surface area contributed by atoms with Crippen molar-refractivity contribution < 1.29 is 0 Å². The molecular formula is C12H11BrClN3O. The van der Waals surface area contributed by atoms with Crippen LogP contribution in [-0.2, 0) is 6.54 Å². The van der Waals surface area contributed by atoms with Crippen molar-refractivity contribution in [3.63, 3.8) is 0 Å². The van der Waals surface area contributed by atoms with Gasteiger partial charge in [-0.05, 0) is 40.2 Å². The molecule has 0 amide bonds. The number of hydrogen-bond donors (Lipinski definition) is 1. The first-order valence-corrected chi connectivity index (χ1v) is 6.53. The molecule has 4 nitrogen and oxygen atoms in total. The summed E-state index contributed by atoms with van der Waals surface area (Å²) in [4.78, 5) is 15.6. The van der Waals surface area contributed by atoms with Crippen molar-refractivity contribution in [2.45, 2.75) is 6.54 Å². The van der Waals surface area contributed by atoms with Crippen LogP contribution in [0.15, 0.2) is 46.1 Å². The van der Waals surface area contributed by atoms with Crippen LogP contribution >= 0.6 is 27.5 Å². The highest BCUT2D eigenvalue weighted by molar-refractivity contribution is 9.10. The molecule has 0 aliphatic carbocycles. The highest BCUT2D eigenvalue weighted by Crippen LogP contribution is 2.12. The Morgan fingerprint density at radius 2 is 2.06 bits per heavy atom. The van der Waals surface area contributed by atoms with Gasteiger partial charge in [-0.1, -0.05) is 11.6 Å². The molecule has 6 heteroatoms. The number of anilines is 1. The lowest BCUT2D eigenvalue weighted by Gasteiger charge is -2.08. The van der Waals surface area contributed by atoms with Crippen LogP contribution < -0.4 is 10.9 Å². The Labute approximate surface area is 118 Å². The van der Waals surface area contributed by atoms with Gasteiger partial charge in [0.2, 0.25) is 0 Å². The third kappa shape index (κ3) is 3.34. The first-order valence-electron chi connectivity index (χ1n) is 5.36. The Bertz CT molecular complexity index is 583. The van der Waals surface area contributed by atoms with Crippen molar-refractivity contribution in [3.05, 3.63) is 56.6 Å². The molecule has 2 aromatic rings. The van der Waals surface area contributed by atoms with Gasteiger partial charge in [0.25, 0.3) is 5.56 Å². The second-order valence-electron chi connectivity index (χ2n) is 3.67. The average molecular weight is 329 g/mol. The van der Waals surface area contributed by atoms with Crippen LogP contribution in [0.5, 0.6) is 0 Å². The molecule has 0 spiro atoms. The zero-order chi connectivity index (χ0) is 13.0. The molecule has 1 aromatic heterocycles. The van der Waals surface area contributed by atoms with E-state index < -0.39 is 0 Å². The fourth-order valence-corrected chi connectivity index (χ4v) is 1.94. The molecule has 1 heterocycles. The Kier molecular flexibility index (Phi) is 4.38. The normalized spacial score (nSPS) is 10.3. The molecule has 0 saturated heterocycles. The second kappa shape index (κ2) is 6.02. The average Bonchev–Trinajstić information content (AvgIpc) is 2.37. The lowest BCUT2D eigenvalue weighted by atomic mass is 10.3. The standard InChI is InChI=1S/C12H11BrClN3O/c13-11-7-15-8-17(12(11)18)6-5-16-10-3-1-9(14)2-4-10/h1-4,7-8,16H,5-6H2. The minimum atomic E-state index is -0.0806. The van der Waals surface area contributed by atoms with E-state index in [0.717, 1.165) is 5.69 Å². The van der Waals surface area contributed by atoms with Crippen molar-refractivity contribution in [3.8, 4) is 0 Å². The van der Waals surface area contributed by atoms with Crippen molar-refractivity contribution in [2.75, 3.05) is 11.9 Å². The predicted molar refractivity (Wildman–Crippen MR) is 76.1 cm³/mol. The van der Waals surface area contributed by atoms with E-state index in [-0.39, 0.29) is 5.56 Å². The molecule has 0 bridgehead atoms. The number of hydrogen-bond acceptors (Lipinski definition) is 3. The maximum Gasteiger partial charge on any atom is 0.267 e. The molecule has 2 rings (SSSR count). The summed E-state index contributed by atoms with van der Waals surface area (Å²) >= 11 is 8.95. The highest BCUT2D eigenvalue weighted by Gasteiger charge is 2.00. The van der Waals surface area contributed by atoms with Crippen LogP contribution in [-0.4, -0.2) is 16.1 Å². The summed E-state index contributed by atoms with van der Waals surface area (Å²) in [6.07, 6.45) is 3.02. The van der Waals surface area contributed by atoms with E-state index in [1.165, 1.54) is 12.5 Å². The van der Waals surface area contributed by atoms with Crippen molar-refractivity contribution >= 4 is 33.2 Å². The zero-order valence-corrected chi connectivity index (χ0v) is 11.8.